The first-order chi connectivity index (χ1) is 8.97. The van der Waals surface area contributed by atoms with Crippen molar-refractivity contribution < 1.29 is 5.11 Å². The fourth-order valence-electron chi connectivity index (χ4n) is 1.64. The Morgan fingerprint density at radius 1 is 1.32 bits per heavy atom. The molecule has 2 N–H and O–H groups in total. The summed E-state index contributed by atoms with van der Waals surface area (Å²) in [5.41, 5.74) is 2.04. The molecule has 0 saturated carbocycles. The van der Waals surface area contributed by atoms with Crippen LogP contribution in [0.15, 0.2) is 33.5 Å². The van der Waals surface area contributed by atoms with Crippen molar-refractivity contribution in [1.29, 1.82) is 0 Å². The van der Waals surface area contributed by atoms with Crippen LogP contribution in [0, 0.1) is 0 Å². The average Bonchev–Trinajstić information content (AvgIpc) is 2.82. The van der Waals surface area contributed by atoms with Crippen molar-refractivity contribution in [1.82, 2.24) is 9.78 Å². The third-order valence-corrected chi connectivity index (χ3v) is 3.91. The van der Waals surface area contributed by atoms with Gasteiger partial charge in [-0.1, -0.05) is 0 Å². The van der Waals surface area contributed by atoms with Crippen molar-refractivity contribution in [2.45, 2.75) is 26.4 Å². The van der Waals surface area contributed by atoms with Gasteiger partial charge in [0, 0.05) is 18.8 Å². The lowest BCUT2D eigenvalue weighted by Gasteiger charge is -2.07. The molecule has 0 aliphatic heterocycles. The molecule has 0 aliphatic carbocycles. The number of halogens is 2. The largest absolute Gasteiger partial charge is 0.506 e. The van der Waals surface area contributed by atoms with Gasteiger partial charge in [-0.3, -0.25) is 4.68 Å². The van der Waals surface area contributed by atoms with E-state index in [4.69, 9.17) is 0 Å². The van der Waals surface area contributed by atoms with Gasteiger partial charge in [-0.15, -0.1) is 0 Å². The second-order valence-electron chi connectivity index (χ2n) is 4.56. The summed E-state index contributed by atoms with van der Waals surface area (Å²) in [6.07, 6.45) is 3.79. The number of aromatic hydroxyl groups is 1. The summed E-state index contributed by atoms with van der Waals surface area (Å²) >= 11 is 6.64. The fourth-order valence-corrected chi connectivity index (χ4v) is 2.92. The molecule has 0 amide bonds. The monoisotopic (exact) mass is 387 g/mol. The van der Waals surface area contributed by atoms with Gasteiger partial charge in [0.05, 0.1) is 20.8 Å². The minimum Gasteiger partial charge on any atom is -0.506 e. The van der Waals surface area contributed by atoms with Gasteiger partial charge in [0.15, 0.2) is 0 Å². The molecule has 0 atom stereocenters. The molecule has 0 bridgehead atoms. The van der Waals surface area contributed by atoms with Gasteiger partial charge >= 0.3 is 0 Å². The molecule has 0 spiro atoms. The number of nitrogens with zero attached hydrogens (tertiary/aromatic N) is 2. The highest BCUT2D eigenvalue weighted by Crippen LogP contribution is 2.33. The lowest BCUT2D eigenvalue weighted by atomic mass is 10.2. The van der Waals surface area contributed by atoms with Crippen molar-refractivity contribution in [2.24, 2.45) is 0 Å². The van der Waals surface area contributed by atoms with Crippen LogP contribution < -0.4 is 5.32 Å². The van der Waals surface area contributed by atoms with Gasteiger partial charge in [0.2, 0.25) is 0 Å². The highest BCUT2D eigenvalue weighted by Gasteiger charge is 2.06. The van der Waals surface area contributed by atoms with Gasteiger partial charge in [-0.25, -0.2) is 0 Å². The Kier molecular flexibility index (Phi) is 4.52. The predicted octanol–water partition coefficient (Wildman–Crippen LogP) is 4.31. The van der Waals surface area contributed by atoms with Crippen LogP contribution in [0.2, 0.25) is 0 Å². The lowest BCUT2D eigenvalue weighted by molar-refractivity contribution is 0.468. The SMILES string of the molecule is CC(C)n1cc(NCc2cc(Br)c(O)c(Br)c2)cn1. The van der Waals surface area contributed by atoms with Crippen LogP contribution in [0.4, 0.5) is 5.69 Å². The van der Waals surface area contributed by atoms with Crippen LogP contribution in [-0.4, -0.2) is 14.9 Å². The quantitative estimate of drug-likeness (QED) is 0.820. The molecular weight excluding hydrogens is 374 g/mol. The van der Waals surface area contributed by atoms with E-state index in [1.54, 1.807) is 0 Å². The first-order valence-electron chi connectivity index (χ1n) is 5.92. The molecule has 0 radical (unpaired) electrons. The van der Waals surface area contributed by atoms with Gasteiger partial charge in [0.25, 0.3) is 0 Å². The summed E-state index contributed by atoms with van der Waals surface area (Å²) in [6.45, 7) is 4.84. The second kappa shape index (κ2) is 5.96. The number of hydrogen-bond donors (Lipinski definition) is 2. The maximum Gasteiger partial charge on any atom is 0.143 e. The molecule has 0 fully saturated rings. The van der Waals surface area contributed by atoms with E-state index >= 15 is 0 Å². The number of phenols is 1. The van der Waals surface area contributed by atoms with Gasteiger partial charge in [-0.05, 0) is 63.4 Å². The Hall–Kier alpha value is -1.01. The molecule has 6 heteroatoms. The smallest absolute Gasteiger partial charge is 0.143 e. The molecule has 0 aliphatic rings. The highest BCUT2D eigenvalue weighted by atomic mass is 79.9. The third-order valence-electron chi connectivity index (χ3n) is 2.70. The highest BCUT2D eigenvalue weighted by molar-refractivity contribution is 9.11. The number of rotatable bonds is 4. The number of nitrogens with one attached hydrogen (secondary N) is 1. The van der Waals surface area contributed by atoms with Gasteiger partial charge in [0.1, 0.15) is 5.75 Å². The molecular formula is C13H15Br2N3O. The standard InChI is InChI=1S/C13H15Br2N3O/c1-8(2)18-7-10(6-17-18)16-5-9-3-11(14)13(19)12(15)4-9/h3-4,6-8,16,19H,5H2,1-2H3. The molecule has 2 rings (SSSR count). The van der Waals surface area contributed by atoms with Crippen molar-refractivity contribution in [2.75, 3.05) is 5.32 Å². The summed E-state index contributed by atoms with van der Waals surface area (Å²) in [6, 6.07) is 4.13. The van der Waals surface area contributed by atoms with Crippen molar-refractivity contribution in [3.05, 3.63) is 39.0 Å². The van der Waals surface area contributed by atoms with Gasteiger partial charge < -0.3 is 10.4 Å². The first-order valence-corrected chi connectivity index (χ1v) is 7.51. The van der Waals surface area contributed by atoms with E-state index in [1.807, 2.05) is 29.2 Å². The maximum absolute atomic E-state index is 9.65. The Labute approximate surface area is 129 Å². The number of phenolic OH excluding ortho intramolecular Hbond substituents is 1. The van der Waals surface area contributed by atoms with E-state index in [-0.39, 0.29) is 5.75 Å². The maximum atomic E-state index is 9.65. The molecule has 1 aromatic carbocycles. The molecule has 102 valence electrons. The summed E-state index contributed by atoms with van der Waals surface area (Å²) in [7, 11) is 0. The number of anilines is 1. The van der Waals surface area contributed by atoms with Crippen LogP contribution in [-0.2, 0) is 6.54 Å². The van der Waals surface area contributed by atoms with Crippen LogP contribution in [0.25, 0.3) is 0 Å². The molecule has 2 aromatic rings. The molecule has 0 unspecified atom stereocenters. The van der Waals surface area contributed by atoms with E-state index in [0.717, 1.165) is 11.3 Å². The van der Waals surface area contributed by atoms with Crippen molar-refractivity contribution in [3.8, 4) is 5.75 Å². The summed E-state index contributed by atoms with van der Waals surface area (Å²) in [5, 5.41) is 17.2. The third kappa shape index (κ3) is 3.51. The number of benzene rings is 1. The molecule has 1 aromatic heterocycles. The minimum atomic E-state index is 0.219. The Morgan fingerprint density at radius 2 is 1.95 bits per heavy atom. The normalized spacial score (nSPS) is 11.0. The Balaban J connectivity index is 2.06. The summed E-state index contributed by atoms with van der Waals surface area (Å²) < 4.78 is 3.26. The van der Waals surface area contributed by atoms with Crippen molar-refractivity contribution in [3.63, 3.8) is 0 Å². The number of aromatic nitrogens is 2. The fraction of sp³-hybridized carbons (Fsp3) is 0.308. The zero-order valence-electron chi connectivity index (χ0n) is 10.7. The first kappa shape index (κ1) is 14.4. The van der Waals surface area contributed by atoms with Gasteiger partial charge in [-0.2, -0.15) is 5.10 Å². The van der Waals surface area contributed by atoms with Crippen LogP contribution in [0.1, 0.15) is 25.5 Å². The Bertz CT molecular complexity index is 558. The second-order valence-corrected chi connectivity index (χ2v) is 6.27. The zero-order chi connectivity index (χ0) is 14.0. The van der Waals surface area contributed by atoms with E-state index in [9.17, 15) is 5.11 Å². The molecule has 0 saturated heterocycles. The van der Waals surface area contributed by atoms with E-state index in [0.29, 0.717) is 21.5 Å². The Morgan fingerprint density at radius 3 is 2.47 bits per heavy atom. The average molecular weight is 389 g/mol. The minimum absolute atomic E-state index is 0.219. The summed E-state index contributed by atoms with van der Waals surface area (Å²) in [5.74, 6) is 0.219. The molecule has 19 heavy (non-hydrogen) atoms. The summed E-state index contributed by atoms with van der Waals surface area (Å²) in [4.78, 5) is 0. The van der Waals surface area contributed by atoms with E-state index < -0.39 is 0 Å². The van der Waals surface area contributed by atoms with E-state index in [2.05, 4.69) is 56.1 Å². The van der Waals surface area contributed by atoms with Crippen LogP contribution >= 0.6 is 31.9 Å². The molecule has 4 nitrogen and oxygen atoms in total. The van der Waals surface area contributed by atoms with E-state index in [1.165, 1.54) is 0 Å². The van der Waals surface area contributed by atoms with Crippen LogP contribution in [0.5, 0.6) is 5.75 Å². The molecule has 1 heterocycles. The predicted molar refractivity (Wildman–Crippen MR) is 83.4 cm³/mol. The zero-order valence-corrected chi connectivity index (χ0v) is 13.9. The number of hydrogen-bond acceptors (Lipinski definition) is 3. The van der Waals surface area contributed by atoms with Crippen molar-refractivity contribution >= 4 is 37.5 Å². The topological polar surface area (TPSA) is 50.1 Å². The van der Waals surface area contributed by atoms with Crippen LogP contribution in [0.3, 0.4) is 0 Å². The lowest BCUT2D eigenvalue weighted by Crippen LogP contribution is -2.01.